The summed E-state index contributed by atoms with van der Waals surface area (Å²) in [6.45, 7) is 0. The molecule has 0 radical (unpaired) electrons. The number of halogens is 4. The van der Waals surface area contributed by atoms with E-state index in [-0.39, 0.29) is 10.6 Å². The van der Waals surface area contributed by atoms with Gasteiger partial charge in [0.05, 0.1) is 5.56 Å². The number of fused-ring (bicyclic) bond motifs is 1. The highest BCUT2D eigenvalue weighted by Crippen LogP contribution is 2.35. The molecule has 0 spiro atoms. The Morgan fingerprint density at radius 3 is 2.27 bits per heavy atom. The van der Waals surface area contributed by atoms with Gasteiger partial charge in [-0.3, -0.25) is 0 Å². The van der Waals surface area contributed by atoms with Gasteiger partial charge >= 0.3 is 21.9 Å². The Hall–Kier alpha value is -2.52. The van der Waals surface area contributed by atoms with Crippen LogP contribution in [0.2, 0.25) is 5.02 Å². The van der Waals surface area contributed by atoms with Crippen LogP contribution >= 0.6 is 11.6 Å². The Balaban J connectivity index is 2.05. The third kappa shape index (κ3) is 3.68. The first-order valence-electron chi connectivity index (χ1n) is 6.91. The normalized spacial score (nSPS) is 12.3. The van der Waals surface area contributed by atoms with E-state index in [1.54, 1.807) is 0 Å². The third-order valence-corrected chi connectivity index (χ3v) is 4.84. The van der Waals surface area contributed by atoms with E-state index in [2.05, 4.69) is 0 Å². The summed E-state index contributed by atoms with van der Waals surface area (Å²) in [6, 6.07) is 8.33. The van der Waals surface area contributed by atoms with E-state index in [4.69, 9.17) is 20.2 Å². The van der Waals surface area contributed by atoms with E-state index in [0.717, 1.165) is 18.2 Å². The number of hydrogen-bond donors (Lipinski definition) is 0. The number of benzene rings is 2. The van der Waals surface area contributed by atoms with Crippen LogP contribution in [0.25, 0.3) is 11.0 Å². The smallest absolute Gasteiger partial charge is 0.417 e. The zero-order chi connectivity index (χ0) is 19.1. The predicted octanol–water partition coefficient (Wildman–Crippen LogP) is 4.23. The van der Waals surface area contributed by atoms with Gasteiger partial charge in [0.1, 0.15) is 16.2 Å². The summed E-state index contributed by atoms with van der Waals surface area (Å²) >= 11 is 5.68. The largest absolute Gasteiger partial charge is 0.423 e. The van der Waals surface area contributed by atoms with Gasteiger partial charge in [-0.1, -0.05) is 11.6 Å². The molecular formula is C16H8ClF3O5S. The molecule has 3 rings (SSSR count). The maximum Gasteiger partial charge on any atom is 0.417 e. The molecule has 0 amide bonds. The Labute approximate surface area is 149 Å². The van der Waals surface area contributed by atoms with E-state index in [0.29, 0.717) is 11.1 Å². The van der Waals surface area contributed by atoms with Crippen LogP contribution in [0, 0.1) is 0 Å². The molecular weight excluding hydrogens is 397 g/mol. The molecule has 0 aliphatic heterocycles. The maximum absolute atomic E-state index is 13.0. The van der Waals surface area contributed by atoms with Gasteiger partial charge in [0, 0.05) is 22.5 Å². The third-order valence-electron chi connectivity index (χ3n) is 3.33. The van der Waals surface area contributed by atoms with Crippen LogP contribution in [0.5, 0.6) is 5.75 Å². The molecule has 2 aromatic carbocycles. The number of rotatable bonds is 3. The first-order valence-corrected chi connectivity index (χ1v) is 8.70. The summed E-state index contributed by atoms with van der Waals surface area (Å²) in [6.07, 6.45) is -4.77. The van der Waals surface area contributed by atoms with Gasteiger partial charge in [0.2, 0.25) is 0 Å². The summed E-state index contributed by atoms with van der Waals surface area (Å²) in [4.78, 5) is 11.2. The molecule has 1 aromatic heterocycles. The van der Waals surface area contributed by atoms with E-state index >= 15 is 0 Å². The fraction of sp³-hybridized carbons (Fsp3) is 0.0625. The molecule has 26 heavy (non-hydrogen) atoms. The minimum atomic E-state index is -4.77. The van der Waals surface area contributed by atoms with E-state index in [9.17, 15) is 26.4 Å². The second kappa shape index (κ2) is 6.33. The molecule has 0 N–H and O–H groups in total. The summed E-state index contributed by atoms with van der Waals surface area (Å²) in [5.74, 6) is -0.310. The van der Waals surface area contributed by atoms with Crippen LogP contribution in [0.1, 0.15) is 5.56 Å². The quantitative estimate of drug-likeness (QED) is 0.482. The standard InChI is InChI=1S/C16H8ClF3O5S/c17-9-1-4-11(5-2-9)26(22,23)25-10-3-6-12-13(16(18,19)20)8-15(21)24-14(12)7-10/h1-8H. The highest BCUT2D eigenvalue weighted by molar-refractivity contribution is 7.87. The van der Waals surface area contributed by atoms with Crippen LogP contribution in [-0.4, -0.2) is 8.42 Å². The predicted molar refractivity (Wildman–Crippen MR) is 86.8 cm³/mol. The average molecular weight is 405 g/mol. The van der Waals surface area contributed by atoms with Crippen molar-refractivity contribution in [2.75, 3.05) is 0 Å². The fourth-order valence-corrected chi connectivity index (χ4v) is 3.25. The zero-order valence-corrected chi connectivity index (χ0v) is 14.2. The number of hydrogen-bond acceptors (Lipinski definition) is 5. The molecule has 0 unspecified atom stereocenters. The molecule has 0 saturated carbocycles. The molecule has 0 atom stereocenters. The lowest BCUT2D eigenvalue weighted by Gasteiger charge is -2.11. The van der Waals surface area contributed by atoms with Gasteiger partial charge in [-0.2, -0.15) is 21.6 Å². The molecule has 1 heterocycles. The molecule has 0 bridgehead atoms. The lowest BCUT2D eigenvalue weighted by Crippen LogP contribution is -2.12. The highest BCUT2D eigenvalue weighted by atomic mass is 35.5. The molecule has 136 valence electrons. The zero-order valence-electron chi connectivity index (χ0n) is 12.6. The van der Waals surface area contributed by atoms with Crippen molar-refractivity contribution in [2.24, 2.45) is 0 Å². The van der Waals surface area contributed by atoms with Crippen molar-refractivity contribution in [1.29, 1.82) is 0 Å². The van der Waals surface area contributed by atoms with Crippen molar-refractivity contribution in [3.8, 4) is 5.75 Å². The second-order valence-electron chi connectivity index (χ2n) is 5.13. The van der Waals surface area contributed by atoms with Crippen molar-refractivity contribution in [3.63, 3.8) is 0 Å². The molecule has 0 saturated heterocycles. The molecule has 0 aliphatic carbocycles. The van der Waals surface area contributed by atoms with Crippen LogP contribution in [0.3, 0.4) is 0 Å². The van der Waals surface area contributed by atoms with Gasteiger partial charge in [0.15, 0.2) is 0 Å². The Kier molecular flexibility index (Phi) is 4.45. The van der Waals surface area contributed by atoms with Gasteiger partial charge < -0.3 is 8.60 Å². The van der Waals surface area contributed by atoms with E-state index in [1.165, 1.54) is 24.3 Å². The maximum atomic E-state index is 13.0. The average Bonchev–Trinajstić information content (AvgIpc) is 2.53. The lowest BCUT2D eigenvalue weighted by molar-refractivity contribution is -0.136. The highest BCUT2D eigenvalue weighted by Gasteiger charge is 2.34. The molecule has 3 aromatic rings. The van der Waals surface area contributed by atoms with Crippen LogP contribution < -0.4 is 9.81 Å². The monoisotopic (exact) mass is 404 g/mol. The van der Waals surface area contributed by atoms with Crippen LogP contribution in [-0.2, 0) is 16.3 Å². The summed E-state index contributed by atoms with van der Waals surface area (Å²) in [5, 5.41) is -0.0792. The van der Waals surface area contributed by atoms with Gasteiger partial charge in [0.25, 0.3) is 0 Å². The SMILES string of the molecule is O=c1cc(C(F)(F)F)c2ccc(OS(=O)(=O)c3ccc(Cl)cc3)cc2o1. The summed E-state index contributed by atoms with van der Waals surface area (Å²) in [5.41, 5.74) is -2.85. The topological polar surface area (TPSA) is 73.6 Å². The van der Waals surface area contributed by atoms with Crippen molar-refractivity contribution in [2.45, 2.75) is 11.1 Å². The van der Waals surface area contributed by atoms with Crippen molar-refractivity contribution in [3.05, 3.63) is 69.5 Å². The Bertz CT molecular complexity index is 1140. The minimum Gasteiger partial charge on any atom is -0.423 e. The molecule has 10 heteroatoms. The second-order valence-corrected chi connectivity index (χ2v) is 7.11. The van der Waals surface area contributed by atoms with Crippen molar-refractivity contribution in [1.82, 2.24) is 0 Å². The summed E-state index contributed by atoms with van der Waals surface area (Å²) < 4.78 is 73.0. The fourth-order valence-electron chi connectivity index (χ4n) is 2.21. The number of alkyl halides is 3. The van der Waals surface area contributed by atoms with Gasteiger partial charge in [-0.25, -0.2) is 4.79 Å². The molecule has 5 nitrogen and oxygen atoms in total. The molecule has 0 aliphatic rings. The van der Waals surface area contributed by atoms with Crippen LogP contribution in [0.4, 0.5) is 13.2 Å². The van der Waals surface area contributed by atoms with Crippen molar-refractivity contribution >= 4 is 32.7 Å². The summed E-state index contributed by atoms with van der Waals surface area (Å²) in [7, 11) is -4.25. The van der Waals surface area contributed by atoms with Gasteiger partial charge in [-0.05, 0) is 36.4 Å². The van der Waals surface area contributed by atoms with Gasteiger partial charge in [-0.15, -0.1) is 0 Å². The lowest BCUT2D eigenvalue weighted by atomic mass is 10.1. The minimum absolute atomic E-state index is 0.201. The van der Waals surface area contributed by atoms with Crippen molar-refractivity contribution < 1.29 is 30.2 Å². The van der Waals surface area contributed by atoms with E-state index in [1.807, 2.05) is 0 Å². The first-order chi connectivity index (χ1) is 12.1. The molecule has 0 fully saturated rings. The van der Waals surface area contributed by atoms with E-state index < -0.39 is 38.5 Å². The Morgan fingerprint density at radius 2 is 1.65 bits per heavy atom. The van der Waals surface area contributed by atoms with Crippen LogP contribution in [0.15, 0.2) is 62.6 Å². The Morgan fingerprint density at radius 1 is 1.00 bits per heavy atom. The first kappa shape index (κ1) is 18.3.